The number of methoxy groups -OCH3 is 2. The molecule has 1 heterocycles. The topological polar surface area (TPSA) is 31.4 Å². The molecule has 3 heteroatoms. The van der Waals surface area contributed by atoms with Crippen LogP contribution in [0.1, 0.15) is 12.0 Å². The molecule has 60 valence electrons. The van der Waals surface area contributed by atoms with Gasteiger partial charge in [0.2, 0.25) is 6.29 Å². The van der Waals surface area contributed by atoms with E-state index in [9.17, 15) is 0 Å². The van der Waals surface area contributed by atoms with Crippen molar-refractivity contribution in [3.63, 3.8) is 0 Å². The molecule has 0 atom stereocenters. The molecule has 0 aliphatic rings. The first kappa shape index (κ1) is 8.17. The molecule has 11 heavy (non-hydrogen) atoms. The Morgan fingerprint density at radius 1 is 1.27 bits per heavy atom. The Kier molecular flexibility index (Phi) is 3.01. The van der Waals surface area contributed by atoms with Crippen LogP contribution in [0.2, 0.25) is 0 Å². The van der Waals surface area contributed by atoms with E-state index in [2.05, 4.69) is 4.98 Å². The molecule has 3 nitrogen and oxygen atoms in total. The monoisotopic (exact) mass is 153 g/mol. The molecule has 0 spiro atoms. The molecular formula is C8H11NO2. The molecule has 0 amide bonds. The van der Waals surface area contributed by atoms with Gasteiger partial charge in [-0.25, -0.2) is 0 Å². The summed E-state index contributed by atoms with van der Waals surface area (Å²) in [6.45, 7) is 0. The van der Waals surface area contributed by atoms with Gasteiger partial charge in [0.15, 0.2) is 0 Å². The summed E-state index contributed by atoms with van der Waals surface area (Å²) in [5, 5.41) is 0. The molecule has 0 N–H and O–H groups in total. The SMILES string of the molecule is COC(OC)c1ccccn1. The molecule has 1 aromatic heterocycles. The highest BCUT2D eigenvalue weighted by molar-refractivity contribution is 5.04. The number of rotatable bonds is 3. The van der Waals surface area contributed by atoms with Gasteiger partial charge >= 0.3 is 0 Å². The van der Waals surface area contributed by atoms with E-state index in [4.69, 9.17) is 9.47 Å². The van der Waals surface area contributed by atoms with Crippen LogP contribution < -0.4 is 0 Å². The standard InChI is InChI=1S/C8H11NO2/c1-10-8(11-2)7-5-3-4-6-9-7/h3-6,8H,1-2H3. The largest absolute Gasteiger partial charge is 0.350 e. The van der Waals surface area contributed by atoms with Crippen molar-refractivity contribution in [1.29, 1.82) is 0 Å². The molecular weight excluding hydrogens is 142 g/mol. The summed E-state index contributed by atoms with van der Waals surface area (Å²) >= 11 is 0. The predicted octanol–water partition coefficient (Wildman–Crippen LogP) is 1.37. The van der Waals surface area contributed by atoms with Crippen LogP contribution in [-0.2, 0) is 9.47 Å². The van der Waals surface area contributed by atoms with Crippen LogP contribution in [0.15, 0.2) is 24.4 Å². The van der Waals surface area contributed by atoms with Crippen molar-refractivity contribution in [2.45, 2.75) is 6.29 Å². The molecule has 0 aliphatic heterocycles. The first-order valence-corrected chi connectivity index (χ1v) is 3.35. The second-order valence-corrected chi connectivity index (χ2v) is 2.06. The average molecular weight is 153 g/mol. The number of hydrogen-bond acceptors (Lipinski definition) is 3. The Balaban J connectivity index is 2.74. The summed E-state index contributed by atoms with van der Waals surface area (Å²) in [4.78, 5) is 4.07. The van der Waals surface area contributed by atoms with Crippen molar-refractivity contribution in [1.82, 2.24) is 4.98 Å². The second-order valence-electron chi connectivity index (χ2n) is 2.06. The fourth-order valence-corrected chi connectivity index (χ4v) is 0.853. The van der Waals surface area contributed by atoms with E-state index in [-0.39, 0.29) is 6.29 Å². The zero-order chi connectivity index (χ0) is 8.10. The van der Waals surface area contributed by atoms with Gasteiger partial charge in [0, 0.05) is 20.4 Å². The average Bonchev–Trinajstić information content (AvgIpc) is 2.09. The zero-order valence-electron chi connectivity index (χ0n) is 6.65. The fourth-order valence-electron chi connectivity index (χ4n) is 0.853. The van der Waals surface area contributed by atoms with Gasteiger partial charge in [0.05, 0.1) is 5.69 Å². The maximum atomic E-state index is 5.00. The van der Waals surface area contributed by atoms with Gasteiger partial charge in [-0.2, -0.15) is 0 Å². The first-order chi connectivity index (χ1) is 5.38. The lowest BCUT2D eigenvalue weighted by Gasteiger charge is -2.11. The zero-order valence-corrected chi connectivity index (χ0v) is 6.65. The summed E-state index contributed by atoms with van der Waals surface area (Å²) < 4.78 is 10.0. The van der Waals surface area contributed by atoms with Crippen molar-refractivity contribution < 1.29 is 9.47 Å². The van der Waals surface area contributed by atoms with E-state index in [0.29, 0.717) is 0 Å². The van der Waals surface area contributed by atoms with Crippen LogP contribution in [0.25, 0.3) is 0 Å². The van der Waals surface area contributed by atoms with Crippen molar-refractivity contribution in [3.05, 3.63) is 30.1 Å². The fraction of sp³-hybridized carbons (Fsp3) is 0.375. The molecule has 0 fully saturated rings. The number of ether oxygens (including phenoxy) is 2. The third-order valence-electron chi connectivity index (χ3n) is 1.36. The third kappa shape index (κ3) is 2.00. The van der Waals surface area contributed by atoms with Gasteiger partial charge in [0.25, 0.3) is 0 Å². The van der Waals surface area contributed by atoms with E-state index in [1.807, 2.05) is 18.2 Å². The Bertz CT molecular complexity index is 197. The summed E-state index contributed by atoms with van der Waals surface area (Å²) in [6.07, 6.45) is 1.36. The van der Waals surface area contributed by atoms with Crippen LogP contribution in [0.3, 0.4) is 0 Å². The minimum absolute atomic E-state index is 0.351. The lowest BCUT2D eigenvalue weighted by molar-refractivity contribution is -0.108. The van der Waals surface area contributed by atoms with Crippen LogP contribution in [0.5, 0.6) is 0 Å². The molecule has 0 aromatic carbocycles. The highest BCUT2D eigenvalue weighted by atomic mass is 16.7. The summed E-state index contributed by atoms with van der Waals surface area (Å²) in [6, 6.07) is 5.61. The van der Waals surface area contributed by atoms with Gasteiger partial charge in [-0.3, -0.25) is 4.98 Å². The Morgan fingerprint density at radius 3 is 2.45 bits per heavy atom. The molecule has 0 bridgehead atoms. The van der Waals surface area contributed by atoms with Crippen LogP contribution in [-0.4, -0.2) is 19.2 Å². The predicted molar refractivity (Wildman–Crippen MR) is 41.0 cm³/mol. The number of hydrogen-bond donors (Lipinski definition) is 0. The van der Waals surface area contributed by atoms with Gasteiger partial charge in [0.1, 0.15) is 0 Å². The highest BCUT2D eigenvalue weighted by Crippen LogP contribution is 2.12. The van der Waals surface area contributed by atoms with Crippen molar-refractivity contribution in [3.8, 4) is 0 Å². The van der Waals surface area contributed by atoms with E-state index in [0.717, 1.165) is 5.69 Å². The smallest absolute Gasteiger partial charge is 0.200 e. The van der Waals surface area contributed by atoms with Crippen molar-refractivity contribution in [2.75, 3.05) is 14.2 Å². The maximum Gasteiger partial charge on any atom is 0.200 e. The van der Waals surface area contributed by atoms with Gasteiger partial charge < -0.3 is 9.47 Å². The molecule has 0 radical (unpaired) electrons. The van der Waals surface area contributed by atoms with E-state index < -0.39 is 0 Å². The number of nitrogens with zero attached hydrogens (tertiary/aromatic N) is 1. The maximum absolute atomic E-state index is 5.00. The molecule has 1 rings (SSSR count). The van der Waals surface area contributed by atoms with Crippen molar-refractivity contribution >= 4 is 0 Å². The number of pyridine rings is 1. The first-order valence-electron chi connectivity index (χ1n) is 3.35. The Labute approximate surface area is 66.0 Å². The van der Waals surface area contributed by atoms with E-state index in [1.165, 1.54) is 0 Å². The Morgan fingerprint density at radius 2 is 2.00 bits per heavy atom. The van der Waals surface area contributed by atoms with E-state index in [1.54, 1.807) is 20.4 Å². The van der Waals surface area contributed by atoms with Crippen LogP contribution in [0.4, 0.5) is 0 Å². The third-order valence-corrected chi connectivity index (χ3v) is 1.36. The second kappa shape index (κ2) is 4.05. The van der Waals surface area contributed by atoms with Crippen LogP contribution in [0, 0.1) is 0 Å². The summed E-state index contributed by atoms with van der Waals surface area (Å²) in [7, 11) is 3.17. The summed E-state index contributed by atoms with van der Waals surface area (Å²) in [5.74, 6) is 0. The lowest BCUT2D eigenvalue weighted by Crippen LogP contribution is -2.04. The van der Waals surface area contributed by atoms with Gasteiger partial charge in [-0.1, -0.05) is 6.07 Å². The number of aromatic nitrogens is 1. The molecule has 0 unspecified atom stereocenters. The molecule has 1 aromatic rings. The quantitative estimate of drug-likeness (QED) is 0.614. The lowest BCUT2D eigenvalue weighted by atomic mass is 10.3. The minimum Gasteiger partial charge on any atom is -0.350 e. The van der Waals surface area contributed by atoms with Crippen molar-refractivity contribution in [2.24, 2.45) is 0 Å². The van der Waals surface area contributed by atoms with Crippen LogP contribution >= 0.6 is 0 Å². The van der Waals surface area contributed by atoms with Gasteiger partial charge in [-0.05, 0) is 12.1 Å². The van der Waals surface area contributed by atoms with Gasteiger partial charge in [-0.15, -0.1) is 0 Å². The molecule has 0 saturated heterocycles. The molecule has 0 saturated carbocycles. The minimum atomic E-state index is -0.351. The molecule has 0 aliphatic carbocycles. The summed E-state index contributed by atoms with van der Waals surface area (Å²) in [5.41, 5.74) is 0.789. The van der Waals surface area contributed by atoms with E-state index >= 15 is 0 Å². The Hall–Kier alpha value is -0.930. The highest BCUT2D eigenvalue weighted by Gasteiger charge is 2.07. The normalized spacial score (nSPS) is 10.5.